The molecule has 0 bridgehead atoms. The van der Waals surface area contributed by atoms with Crippen LogP contribution in [0.2, 0.25) is 0 Å². The maximum atomic E-state index is 12.1. The van der Waals surface area contributed by atoms with Crippen LogP contribution >= 0.6 is 0 Å². The molecule has 1 aromatic rings. The van der Waals surface area contributed by atoms with Crippen LogP contribution in [0.15, 0.2) is 18.2 Å². The second-order valence-corrected chi connectivity index (χ2v) is 6.23. The second kappa shape index (κ2) is 7.99. The summed E-state index contributed by atoms with van der Waals surface area (Å²) in [6.45, 7) is 5.20. The van der Waals surface area contributed by atoms with E-state index in [9.17, 15) is 9.59 Å². The zero-order valence-electron chi connectivity index (χ0n) is 14.2. The van der Waals surface area contributed by atoms with Crippen molar-refractivity contribution in [2.24, 2.45) is 0 Å². The lowest BCUT2D eigenvalue weighted by Gasteiger charge is -2.17. The fourth-order valence-electron chi connectivity index (χ4n) is 2.85. The standard InChI is InChI=1S/C18H26N2O3/c1-4-5-6-7-15-10-16(9-8-14(15)2)20-12-17(23-18(20)22)11-19(3)13-21/h8-10,13,17H,4-7,11-12H2,1-3H3/t17-/m0/s1. The van der Waals surface area contributed by atoms with Crippen molar-refractivity contribution in [1.82, 2.24) is 4.90 Å². The molecule has 0 radical (unpaired) electrons. The Kier molecular flexibility index (Phi) is 6.02. The van der Waals surface area contributed by atoms with Crippen molar-refractivity contribution in [2.45, 2.75) is 45.6 Å². The van der Waals surface area contributed by atoms with Crippen LogP contribution in [0.1, 0.15) is 37.3 Å². The lowest BCUT2D eigenvalue weighted by molar-refractivity contribution is -0.117. The van der Waals surface area contributed by atoms with Crippen molar-refractivity contribution in [3.63, 3.8) is 0 Å². The second-order valence-electron chi connectivity index (χ2n) is 6.23. The van der Waals surface area contributed by atoms with Crippen molar-refractivity contribution in [2.75, 3.05) is 25.0 Å². The summed E-state index contributed by atoms with van der Waals surface area (Å²) < 4.78 is 5.36. The summed E-state index contributed by atoms with van der Waals surface area (Å²) in [5, 5.41) is 0. The molecule has 2 rings (SSSR count). The third kappa shape index (κ3) is 4.47. The SMILES string of the molecule is CCCCCc1cc(N2C[C@H](CN(C)C=O)OC2=O)ccc1C. The van der Waals surface area contributed by atoms with Gasteiger partial charge in [-0.3, -0.25) is 9.69 Å². The van der Waals surface area contributed by atoms with Crippen LogP contribution in [0, 0.1) is 6.92 Å². The molecule has 0 unspecified atom stereocenters. The van der Waals surface area contributed by atoms with E-state index in [4.69, 9.17) is 4.74 Å². The molecule has 1 fully saturated rings. The average molecular weight is 318 g/mol. The van der Waals surface area contributed by atoms with Crippen LogP contribution in [-0.4, -0.2) is 43.6 Å². The number of anilines is 1. The maximum absolute atomic E-state index is 12.1. The Morgan fingerprint density at radius 3 is 2.87 bits per heavy atom. The molecule has 0 saturated carbocycles. The summed E-state index contributed by atoms with van der Waals surface area (Å²) >= 11 is 0. The van der Waals surface area contributed by atoms with Crippen LogP contribution in [0.4, 0.5) is 10.5 Å². The number of carbonyl (C=O) groups excluding carboxylic acids is 2. The highest BCUT2D eigenvalue weighted by atomic mass is 16.6. The highest BCUT2D eigenvalue weighted by Crippen LogP contribution is 2.25. The fraction of sp³-hybridized carbons (Fsp3) is 0.556. The van der Waals surface area contributed by atoms with Gasteiger partial charge in [-0.25, -0.2) is 4.79 Å². The van der Waals surface area contributed by atoms with Gasteiger partial charge in [0.1, 0.15) is 6.10 Å². The van der Waals surface area contributed by atoms with Gasteiger partial charge in [0.2, 0.25) is 6.41 Å². The Labute approximate surface area is 138 Å². The molecule has 1 aromatic carbocycles. The molecule has 1 atom stereocenters. The Morgan fingerprint density at radius 2 is 2.17 bits per heavy atom. The topological polar surface area (TPSA) is 49.9 Å². The lowest BCUT2D eigenvalue weighted by atomic mass is 10.0. The van der Waals surface area contributed by atoms with Gasteiger partial charge in [-0.15, -0.1) is 0 Å². The Bertz CT molecular complexity index is 559. The van der Waals surface area contributed by atoms with Crippen molar-refractivity contribution < 1.29 is 14.3 Å². The zero-order valence-corrected chi connectivity index (χ0v) is 14.2. The van der Waals surface area contributed by atoms with Gasteiger partial charge in [0, 0.05) is 12.7 Å². The number of carbonyl (C=O) groups is 2. The molecular formula is C18H26N2O3. The monoisotopic (exact) mass is 318 g/mol. The number of hydrogen-bond acceptors (Lipinski definition) is 3. The predicted octanol–water partition coefficient (Wildman–Crippen LogP) is 3.14. The van der Waals surface area contributed by atoms with E-state index in [1.165, 1.54) is 28.9 Å². The molecule has 1 heterocycles. The molecule has 0 aliphatic carbocycles. The van der Waals surface area contributed by atoms with E-state index < -0.39 is 0 Å². The number of nitrogens with zero attached hydrogens (tertiary/aromatic N) is 2. The molecule has 5 heteroatoms. The molecule has 1 aliphatic rings. The molecule has 1 aliphatic heterocycles. The molecule has 0 N–H and O–H groups in total. The number of ether oxygens (including phenoxy) is 1. The summed E-state index contributed by atoms with van der Waals surface area (Å²) in [4.78, 5) is 26.0. The van der Waals surface area contributed by atoms with Crippen LogP contribution in [-0.2, 0) is 16.0 Å². The number of hydrogen-bond donors (Lipinski definition) is 0. The van der Waals surface area contributed by atoms with E-state index in [1.807, 2.05) is 6.07 Å². The highest BCUT2D eigenvalue weighted by molar-refractivity contribution is 5.90. The zero-order chi connectivity index (χ0) is 16.8. The van der Waals surface area contributed by atoms with Gasteiger partial charge in [0.05, 0.1) is 13.1 Å². The first-order chi connectivity index (χ1) is 11.0. The van der Waals surface area contributed by atoms with Crippen molar-refractivity contribution in [3.05, 3.63) is 29.3 Å². The quantitative estimate of drug-likeness (QED) is 0.546. The summed E-state index contributed by atoms with van der Waals surface area (Å²) in [7, 11) is 1.68. The minimum absolute atomic E-state index is 0.275. The molecule has 0 spiro atoms. The molecule has 126 valence electrons. The molecule has 1 saturated heterocycles. The van der Waals surface area contributed by atoms with E-state index in [-0.39, 0.29) is 12.2 Å². The highest BCUT2D eigenvalue weighted by Gasteiger charge is 2.33. The number of aryl methyl sites for hydroxylation is 2. The van der Waals surface area contributed by atoms with E-state index in [2.05, 4.69) is 26.0 Å². The third-order valence-corrected chi connectivity index (χ3v) is 4.24. The first kappa shape index (κ1) is 17.3. The molecule has 0 aromatic heterocycles. The largest absolute Gasteiger partial charge is 0.442 e. The minimum Gasteiger partial charge on any atom is -0.442 e. The predicted molar refractivity (Wildman–Crippen MR) is 90.7 cm³/mol. The van der Waals surface area contributed by atoms with E-state index in [0.29, 0.717) is 13.1 Å². The summed E-state index contributed by atoms with van der Waals surface area (Å²) in [6.07, 6.45) is 4.75. The number of unbranched alkanes of at least 4 members (excludes halogenated alkanes) is 2. The first-order valence-corrected chi connectivity index (χ1v) is 8.28. The molecule has 23 heavy (non-hydrogen) atoms. The Morgan fingerprint density at radius 1 is 1.39 bits per heavy atom. The van der Waals surface area contributed by atoms with E-state index in [1.54, 1.807) is 11.9 Å². The van der Waals surface area contributed by atoms with Gasteiger partial charge in [0.25, 0.3) is 0 Å². The van der Waals surface area contributed by atoms with Gasteiger partial charge < -0.3 is 9.64 Å². The molecular weight excluding hydrogens is 292 g/mol. The Balaban J connectivity index is 2.07. The average Bonchev–Trinajstić information content (AvgIpc) is 2.89. The van der Waals surface area contributed by atoms with Gasteiger partial charge in [0.15, 0.2) is 0 Å². The Hall–Kier alpha value is -2.04. The van der Waals surface area contributed by atoms with Crippen molar-refractivity contribution in [1.29, 1.82) is 0 Å². The van der Waals surface area contributed by atoms with Crippen molar-refractivity contribution >= 4 is 18.2 Å². The van der Waals surface area contributed by atoms with Crippen LogP contribution in [0.3, 0.4) is 0 Å². The summed E-state index contributed by atoms with van der Waals surface area (Å²) in [6, 6.07) is 6.12. The normalized spacial score (nSPS) is 17.3. The van der Waals surface area contributed by atoms with Gasteiger partial charge in [-0.1, -0.05) is 25.8 Å². The minimum atomic E-state index is -0.335. The molecule has 5 nitrogen and oxygen atoms in total. The van der Waals surface area contributed by atoms with Crippen LogP contribution in [0.25, 0.3) is 0 Å². The third-order valence-electron chi connectivity index (χ3n) is 4.24. The first-order valence-electron chi connectivity index (χ1n) is 8.28. The number of benzene rings is 1. The van der Waals surface area contributed by atoms with Gasteiger partial charge in [-0.2, -0.15) is 0 Å². The van der Waals surface area contributed by atoms with Crippen molar-refractivity contribution in [3.8, 4) is 0 Å². The molecule has 2 amide bonds. The van der Waals surface area contributed by atoms with Crippen LogP contribution in [0.5, 0.6) is 0 Å². The number of likely N-dealkylation sites (N-methyl/N-ethyl adjacent to an activating group) is 1. The fourth-order valence-corrected chi connectivity index (χ4v) is 2.85. The summed E-state index contributed by atoms with van der Waals surface area (Å²) in [5.41, 5.74) is 3.43. The van der Waals surface area contributed by atoms with Gasteiger partial charge >= 0.3 is 6.09 Å². The van der Waals surface area contributed by atoms with Crippen LogP contribution < -0.4 is 4.90 Å². The lowest BCUT2D eigenvalue weighted by Crippen LogP contribution is -2.31. The number of amides is 2. The smallest absolute Gasteiger partial charge is 0.414 e. The van der Waals surface area contributed by atoms with Gasteiger partial charge in [-0.05, 0) is 43.0 Å². The van der Waals surface area contributed by atoms with E-state index >= 15 is 0 Å². The number of rotatable bonds is 8. The maximum Gasteiger partial charge on any atom is 0.414 e. The number of cyclic esters (lactones) is 1. The summed E-state index contributed by atoms with van der Waals surface area (Å²) in [5.74, 6) is 0. The van der Waals surface area contributed by atoms with E-state index in [0.717, 1.165) is 24.9 Å².